The number of halogens is 1. The molecule has 4 nitrogen and oxygen atoms in total. The Morgan fingerprint density at radius 2 is 1.94 bits per heavy atom. The van der Waals surface area contributed by atoms with Gasteiger partial charge in [0.2, 0.25) is 0 Å². The number of carbonyl (C=O) groups is 1. The molecule has 0 atom stereocenters. The zero-order valence-corrected chi connectivity index (χ0v) is 9.98. The van der Waals surface area contributed by atoms with Crippen molar-refractivity contribution in [3.05, 3.63) is 58.9 Å². The summed E-state index contributed by atoms with van der Waals surface area (Å²) in [7, 11) is 0. The van der Waals surface area contributed by atoms with E-state index < -0.39 is 0 Å². The van der Waals surface area contributed by atoms with Crippen molar-refractivity contribution in [3.63, 3.8) is 0 Å². The van der Waals surface area contributed by atoms with Gasteiger partial charge in [-0.3, -0.25) is 4.79 Å². The Morgan fingerprint density at radius 1 is 1.22 bits per heavy atom. The summed E-state index contributed by atoms with van der Waals surface area (Å²) in [6, 6.07) is 11.8. The number of amides is 1. The third kappa shape index (κ3) is 2.84. The molecule has 1 aromatic heterocycles. The summed E-state index contributed by atoms with van der Waals surface area (Å²) in [5.74, 6) is -0.274. The lowest BCUT2D eigenvalue weighted by molar-refractivity contribution is 0.102. The van der Waals surface area contributed by atoms with Crippen molar-refractivity contribution in [2.24, 2.45) is 0 Å². The molecule has 0 unspecified atom stereocenters. The largest absolute Gasteiger partial charge is 0.322 e. The molecule has 88 valence electrons. The lowest BCUT2D eigenvalue weighted by atomic mass is 10.2. The number of rotatable bonds is 2. The predicted octanol–water partition coefficient (Wildman–Crippen LogP) is 2.86. The minimum absolute atomic E-state index is 0.274. The molecule has 0 aliphatic carbocycles. The van der Waals surface area contributed by atoms with Crippen LogP contribution in [0.25, 0.3) is 0 Å². The monoisotopic (exact) mass is 257 g/mol. The minimum atomic E-state index is -0.274. The molecule has 0 fully saturated rings. The SMILES string of the molecule is N#Cc1ccc(NC(=O)c2ccc(Cl)nc2)cc1. The fraction of sp³-hybridized carbons (Fsp3) is 0. The van der Waals surface area contributed by atoms with Crippen molar-refractivity contribution in [3.8, 4) is 6.07 Å². The number of nitriles is 1. The molecule has 2 rings (SSSR count). The van der Waals surface area contributed by atoms with E-state index in [-0.39, 0.29) is 5.91 Å². The molecular weight excluding hydrogens is 250 g/mol. The van der Waals surface area contributed by atoms with E-state index in [0.717, 1.165) is 0 Å². The average Bonchev–Trinajstić information content (AvgIpc) is 2.40. The zero-order chi connectivity index (χ0) is 13.0. The summed E-state index contributed by atoms with van der Waals surface area (Å²) in [4.78, 5) is 15.7. The Morgan fingerprint density at radius 3 is 2.50 bits per heavy atom. The van der Waals surface area contributed by atoms with Gasteiger partial charge in [0, 0.05) is 11.9 Å². The molecule has 1 aromatic carbocycles. The molecule has 0 spiro atoms. The van der Waals surface area contributed by atoms with E-state index in [0.29, 0.717) is 22.0 Å². The third-order valence-electron chi connectivity index (χ3n) is 2.26. The van der Waals surface area contributed by atoms with Crippen LogP contribution >= 0.6 is 11.6 Å². The number of hydrogen-bond donors (Lipinski definition) is 1. The Bertz CT molecular complexity index is 600. The van der Waals surface area contributed by atoms with Gasteiger partial charge in [-0.2, -0.15) is 5.26 Å². The van der Waals surface area contributed by atoms with Crippen molar-refractivity contribution in [1.29, 1.82) is 5.26 Å². The molecule has 5 heteroatoms. The second-order valence-electron chi connectivity index (χ2n) is 3.51. The van der Waals surface area contributed by atoms with Crippen LogP contribution in [0.15, 0.2) is 42.6 Å². The van der Waals surface area contributed by atoms with Crippen LogP contribution in [0.2, 0.25) is 5.15 Å². The second-order valence-corrected chi connectivity index (χ2v) is 3.90. The van der Waals surface area contributed by atoms with Gasteiger partial charge in [-0.05, 0) is 36.4 Å². The number of carbonyl (C=O) groups excluding carboxylic acids is 1. The van der Waals surface area contributed by atoms with Crippen molar-refractivity contribution < 1.29 is 4.79 Å². The third-order valence-corrected chi connectivity index (χ3v) is 2.49. The molecule has 1 amide bonds. The lowest BCUT2D eigenvalue weighted by Gasteiger charge is -2.04. The Labute approximate surface area is 109 Å². The lowest BCUT2D eigenvalue weighted by Crippen LogP contribution is -2.11. The highest BCUT2D eigenvalue weighted by Crippen LogP contribution is 2.11. The number of nitrogens with one attached hydrogen (secondary N) is 1. The van der Waals surface area contributed by atoms with Crippen molar-refractivity contribution >= 4 is 23.2 Å². The van der Waals surface area contributed by atoms with Gasteiger partial charge in [0.15, 0.2) is 0 Å². The van der Waals surface area contributed by atoms with Gasteiger partial charge in [-0.15, -0.1) is 0 Å². The van der Waals surface area contributed by atoms with E-state index in [1.54, 1.807) is 36.4 Å². The standard InChI is InChI=1S/C13H8ClN3O/c14-12-6-3-10(8-16-12)13(18)17-11-4-1-9(7-15)2-5-11/h1-6,8H,(H,17,18). The summed E-state index contributed by atoms with van der Waals surface area (Å²) in [6.07, 6.45) is 1.40. The van der Waals surface area contributed by atoms with Crippen LogP contribution < -0.4 is 5.32 Å². The molecule has 0 saturated heterocycles. The highest BCUT2D eigenvalue weighted by Gasteiger charge is 2.06. The first-order valence-electron chi connectivity index (χ1n) is 5.12. The number of nitrogens with zero attached hydrogens (tertiary/aromatic N) is 2. The molecule has 0 aliphatic heterocycles. The minimum Gasteiger partial charge on any atom is -0.322 e. The normalized spacial score (nSPS) is 9.56. The molecule has 2 aromatic rings. The van der Waals surface area contributed by atoms with Crippen molar-refractivity contribution in [1.82, 2.24) is 4.98 Å². The van der Waals surface area contributed by atoms with E-state index in [1.807, 2.05) is 6.07 Å². The fourth-order valence-corrected chi connectivity index (χ4v) is 1.45. The molecule has 0 saturated carbocycles. The molecular formula is C13H8ClN3O. The van der Waals surface area contributed by atoms with E-state index in [4.69, 9.17) is 16.9 Å². The van der Waals surface area contributed by atoms with Crippen LogP contribution in [-0.2, 0) is 0 Å². The van der Waals surface area contributed by atoms with Gasteiger partial charge in [-0.1, -0.05) is 11.6 Å². The van der Waals surface area contributed by atoms with Crippen molar-refractivity contribution in [2.45, 2.75) is 0 Å². The van der Waals surface area contributed by atoms with E-state index in [1.165, 1.54) is 6.20 Å². The highest BCUT2D eigenvalue weighted by molar-refractivity contribution is 6.29. The Hall–Kier alpha value is -2.38. The molecule has 0 bridgehead atoms. The average molecular weight is 258 g/mol. The van der Waals surface area contributed by atoms with Crippen LogP contribution in [0, 0.1) is 11.3 Å². The maximum Gasteiger partial charge on any atom is 0.257 e. The summed E-state index contributed by atoms with van der Waals surface area (Å²) in [6.45, 7) is 0. The molecule has 1 N–H and O–H groups in total. The molecule has 0 radical (unpaired) electrons. The smallest absolute Gasteiger partial charge is 0.257 e. The van der Waals surface area contributed by atoms with Gasteiger partial charge >= 0.3 is 0 Å². The number of hydrogen-bond acceptors (Lipinski definition) is 3. The fourth-order valence-electron chi connectivity index (χ4n) is 1.34. The molecule has 1 heterocycles. The Balaban J connectivity index is 2.11. The van der Waals surface area contributed by atoms with Crippen LogP contribution in [0.1, 0.15) is 15.9 Å². The topological polar surface area (TPSA) is 65.8 Å². The summed E-state index contributed by atoms with van der Waals surface area (Å²) in [5.41, 5.74) is 1.58. The predicted molar refractivity (Wildman–Crippen MR) is 68.4 cm³/mol. The Kier molecular flexibility index (Phi) is 3.56. The highest BCUT2D eigenvalue weighted by atomic mass is 35.5. The number of anilines is 1. The first-order chi connectivity index (χ1) is 8.69. The maximum absolute atomic E-state index is 11.8. The van der Waals surface area contributed by atoms with Gasteiger partial charge in [0.05, 0.1) is 17.2 Å². The summed E-state index contributed by atoms with van der Waals surface area (Å²) < 4.78 is 0. The quantitative estimate of drug-likeness (QED) is 0.842. The van der Waals surface area contributed by atoms with E-state index >= 15 is 0 Å². The van der Waals surface area contributed by atoms with Crippen molar-refractivity contribution in [2.75, 3.05) is 5.32 Å². The summed E-state index contributed by atoms with van der Waals surface area (Å²) in [5, 5.41) is 11.7. The van der Waals surface area contributed by atoms with Crippen LogP contribution in [0.3, 0.4) is 0 Å². The van der Waals surface area contributed by atoms with Crippen LogP contribution in [-0.4, -0.2) is 10.9 Å². The summed E-state index contributed by atoms with van der Waals surface area (Å²) >= 11 is 5.64. The van der Waals surface area contributed by atoms with Gasteiger partial charge in [-0.25, -0.2) is 4.98 Å². The maximum atomic E-state index is 11.8. The van der Waals surface area contributed by atoms with Gasteiger partial charge in [0.25, 0.3) is 5.91 Å². The molecule has 0 aliphatic rings. The number of benzene rings is 1. The second kappa shape index (κ2) is 5.30. The van der Waals surface area contributed by atoms with E-state index in [2.05, 4.69) is 10.3 Å². The van der Waals surface area contributed by atoms with Gasteiger partial charge in [0.1, 0.15) is 5.15 Å². The first-order valence-corrected chi connectivity index (χ1v) is 5.50. The van der Waals surface area contributed by atoms with Crippen LogP contribution in [0.4, 0.5) is 5.69 Å². The number of pyridine rings is 1. The van der Waals surface area contributed by atoms with E-state index in [9.17, 15) is 4.79 Å². The zero-order valence-electron chi connectivity index (χ0n) is 9.22. The first kappa shape index (κ1) is 12.1. The van der Waals surface area contributed by atoms with Gasteiger partial charge < -0.3 is 5.32 Å². The molecule has 18 heavy (non-hydrogen) atoms. The van der Waals surface area contributed by atoms with Crippen LogP contribution in [0.5, 0.6) is 0 Å². The number of aromatic nitrogens is 1.